The van der Waals surface area contributed by atoms with E-state index in [1.807, 2.05) is 11.0 Å². The SMILES string of the molecule is O=C(CN1CCN(C(=O)c2ccc3c(c2)CCCC3)CC1)NC1CC1. The molecule has 2 amide bonds. The topological polar surface area (TPSA) is 52.7 Å². The third kappa shape index (κ3) is 4.03. The van der Waals surface area contributed by atoms with Gasteiger partial charge in [0.1, 0.15) is 0 Å². The van der Waals surface area contributed by atoms with Crippen LogP contribution in [0.1, 0.15) is 47.2 Å². The van der Waals surface area contributed by atoms with Crippen LogP contribution in [0, 0.1) is 0 Å². The fourth-order valence-corrected chi connectivity index (χ4v) is 3.86. The number of nitrogens with zero attached hydrogens (tertiary/aromatic N) is 2. The largest absolute Gasteiger partial charge is 0.352 e. The molecule has 3 aliphatic rings. The predicted octanol–water partition coefficient (Wildman–Crippen LogP) is 1.60. The lowest BCUT2D eigenvalue weighted by Gasteiger charge is -2.34. The van der Waals surface area contributed by atoms with Crippen molar-refractivity contribution in [2.24, 2.45) is 0 Å². The molecule has 1 saturated carbocycles. The Kier molecular flexibility index (Phi) is 4.75. The molecule has 0 aromatic heterocycles. The monoisotopic (exact) mass is 341 g/mol. The molecule has 25 heavy (non-hydrogen) atoms. The number of rotatable bonds is 4. The van der Waals surface area contributed by atoms with Crippen molar-refractivity contribution in [1.82, 2.24) is 15.1 Å². The summed E-state index contributed by atoms with van der Waals surface area (Å²) in [5.74, 6) is 0.257. The summed E-state index contributed by atoms with van der Waals surface area (Å²) in [4.78, 5) is 28.8. The predicted molar refractivity (Wildman–Crippen MR) is 96.6 cm³/mol. The molecule has 0 radical (unpaired) electrons. The first kappa shape index (κ1) is 16.6. The van der Waals surface area contributed by atoms with E-state index in [0.717, 1.165) is 44.3 Å². The summed E-state index contributed by atoms with van der Waals surface area (Å²) in [5, 5.41) is 3.03. The van der Waals surface area contributed by atoms with Gasteiger partial charge in [-0.3, -0.25) is 14.5 Å². The Bertz CT molecular complexity index is 661. The number of piperazine rings is 1. The molecule has 0 atom stereocenters. The van der Waals surface area contributed by atoms with Crippen LogP contribution in [0.15, 0.2) is 18.2 Å². The number of amides is 2. The molecule has 2 fully saturated rings. The first-order valence-corrected chi connectivity index (χ1v) is 9.62. The quantitative estimate of drug-likeness (QED) is 0.905. The van der Waals surface area contributed by atoms with Gasteiger partial charge in [0.25, 0.3) is 5.91 Å². The van der Waals surface area contributed by atoms with E-state index in [2.05, 4.69) is 22.3 Å². The molecule has 0 bridgehead atoms. The summed E-state index contributed by atoms with van der Waals surface area (Å²) in [6.07, 6.45) is 6.97. The molecule has 0 unspecified atom stereocenters. The van der Waals surface area contributed by atoms with E-state index in [-0.39, 0.29) is 11.8 Å². The minimum absolute atomic E-state index is 0.122. The fraction of sp³-hybridized carbons (Fsp3) is 0.600. The van der Waals surface area contributed by atoms with Gasteiger partial charge in [0.2, 0.25) is 5.91 Å². The summed E-state index contributed by atoms with van der Waals surface area (Å²) in [7, 11) is 0. The molecular formula is C20H27N3O2. The summed E-state index contributed by atoms with van der Waals surface area (Å²) < 4.78 is 0. The Morgan fingerprint density at radius 1 is 1.00 bits per heavy atom. The van der Waals surface area contributed by atoms with Crippen molar-refractivity contribution in [3.63, 3.8) is 0 Å². The van der Waals surface area contributed by atoms with Gasteiger partial charge < -0.3 is 10.2 Å². The molecule has 5 heteroatoms. The van der Waals surface area contributed by atoms with Crippen molar-refractivity contribution < 1.29 is 9.59 Å². The lowest BCUT2D eigenvalue weighted by molar-refractivity contribution is -0.122. The fourth-order valence-electron chi connectivity index (χ4n) is 3.86. The number of carbonyl (C=O) groups is 2. The highest BCUT2D eigenvalue weighted by molar-refractivity contribution is 5.94. The van der Waals surface area contributed by atoms with Gasteiger partial charge in [-0.25, -0.2) is 0 Å². The Morgan fingerprint density at radius 2 is 1.72 bits per heavy atom. The van der Waals surface area contributed by atoms with Gasteiger partial charge >= 0.3 is 0 Å². The second-order valence-corrected chi connectivity index (χ2v) is 7.60. The zero-order chi connectivity index (χ0) is 17.2. The number of carbonyl (C=O) groups excluding carboxylic acids is 2. The van der Waals surface area contributed by atoms with E-state index in [1.54, 1.807) is 0 Å². The summed E-state index contributed by atoms with van der Waals surface area (Å²) in [6.45, 7) is 3.40. The number of benzene rings is 1. The van der Waals surface area contributed by atoms with Crippen molar-refractivity contribution in [3.8, 4) is 0 Å². The number of nitrogens with one attached hydrogen (secondary N) is 1. The van der Waals surface area contributed by atoms with E-state index < -0.39 is 0 Å². The molecule has 5 nitrogen and oxygen atoms in total. The number of aryl methyl sites for hydroxylation is 2. The molecule has 1 aromatic rings. The van der Waals surface area contributed by atoms with Crippen LogP contribution in [0.2, 0.25) is 0 Å². The third-order valence-corrected chi connectivity index (χ3v) is 5.56. The molecule has 4 rings (SSSR count). The molecule has 1 N–H and O–H groups in total. The van der Waals surface area contributed by atoms with Crippen LogP contribution in [0.25, 0.3) is 0 Å². The Hall–Kier alpha value is -1.88. The maximum atomic E-state index is 12.8. The van der Waals surface area contributed by atoms with E-state index in [9.17, 15) is 9.59 Å². The highest BCUT2D eigenvalue weighted by atomic mass is 16.2. The van der Waals surface area contributed by atoms with E-state index in [0.29, 0.717) is 25.7 Å². The van der Waals surface area contributed by atoms with Crippen LogP contribution < -0.4 is 5.32 Å². The smallest absolute Gasteiger partial charge is 0.253 e. The zero-order valence-electron chi connectivity index (χ0n) is 14.8. The van der Waals surface area contributed by atoms with Gasteiger partial charge in [0.15, 0.2) is 0 Å². The Balaban J connectivity index is 1.31. The van der Waals surface area contributed by atoms with E-state index in [4.69, 9.17) is 0 Å². The second kappa shape index (κ2) is 7.16. The molecule has 1 aliphatic heterocycles. The van der Waals surface area contributed by atoms with Crippen LogP contribution in [0.5, 0.6) is 0 Å². The summed E-state index contributed by atoms with van der Waals surface area (Å²) >= 11 is 0. The van der Waals surface area contributed by atoms with Gasteiger partial charge in [0.05, 0.1) is 6.54 Å². The lowest BCUT2D eigenvalue weighted by Crippen LogP contribution is -2.51. The second-order valence-electron chi connectivity index (χ2n) is 7.60. The van der Waals surface area contributed by atoms with E-state index in [1.165, 1.54) is 24.0 Å². The van der Waals surface area contributed by atoms with Crippen LogP contribution in [0.4, 0.5) is 0 Å². The highest BCUT2D eigenvalue weighted by Gasteiger charge is 2.27. The minimum atomic E-state index is 0.122. The standard InChI is InChI=1S/C20H27N3O2/c24-19(21-18-7-8-18)14-22-9-11-23(12-10-22)20(25)17-6-5-15-3-1-2-4-16(15)13-17/h5-6,13,18H,1-4,7-12,14H2,(H,21,24). The molecule has 1 aromatic carbocycles. The molecule has 1 heterocycles. The van der Waals surface area contributed by atoms with Crippen LogP contribution in [-0.2, 0) is 17.6 Å². The van der Waals surface area contributed by atoms with Gasteiger partial charge in [0, 0.05) is 37.8 Å². The number of hydrogen-bond donors (Lipinski definition) is 1. The average Bonchev–Trinajstić information content (AvgIpc) is 3.45. The van der Waals surface area contributed by atoms with Crippen LogP contribution in [0.3, 0.4) is 0 Å². The minimum Gasteiger partial charge on any atom is -0.352 e. The maximum Gasteiger partial charge on any atom is 0.253 e. The van der Waals surface area contributed by atoms with Crippen molar-refractivity contribution in [1.29, 1.82) is 0 Å². The lowest BCUT2D eigenvalue weighted by atomic mass is 9.90. The molecular weight excluding hydrogens is 314 g/mol. The van der Waals surface area contributed by atoms with Crippen molar-refractivity contribution in [2.45, 2.75) is 44.6 Å². The normalized spacial score (nSPS) is 20.9. The number of fused-ring (bicyclic) bond motifs is 1. The average molecular weight is 341 g/mol. The Labute approximate surface area is 149 Å². The van der Waals surface area contributed by atoms with Crippen molar-refractivity contribution >= 4 is 11.8 Å². The first-order chi connectivity index (χ1) is 12.2. The summed E-state index contributed by atoms with van der Waals surface area (Å²) in [5.41, 5.74) is 3.59. The maximum absolute atomic E-state index is 12.8. The third-order valence-electron chi connectivity index (χ3n) is 5.56. The van der Waals surface area contributed by atoms with Gasteiger partial charge in [-0.2, -0.15) is 0 Å². The van der Waals surface area contributed by atoms with Crippen molar-refractivity contribution in [3.05, 3.63) is 34.9 Å². The highest BCUT2D eigenvalue weighted by Crippen LogP contribution is 2.23. The number of hydrogen-bond acceptors (Lipinski definition) is 3. The molecule has 134 valence electrons. The van der Waals surface area contributed by atoms with Gasteiger partial charge in [-0.15, -0.1) is 0 Å². The molecule has 1 saturated heterocycles. The molecule has 2 aliphatic carbocycles. The van der Waals surface area contributed by atoms with Gasteiger partial charge in [-0.1, -0.05) is 6.07 Å². The molecule has 0 spiro atoms. The Morgan fingerprint density at radius 3 is 2.44 bits per heavy atom. The van der Waals surface area contributed by atoms with E-state index >= 15 is 0 Å². The van der Waals surface area contributed by atoms with Gasteiger partial charge in [-0.05, 0) is 61.8 Å². The van der Waals surface area contributed by atoms with Crippen molar-refractivity contribution in [2.75, 3.05) is 32.7 Å². The van der Waals surface area contributed by atoms with Crippen LogP contribution in [-0.4, -0.2) is 60.4 Å². The van der Waals surface area contributed by atoms with Crippen LogP contribution >= 0.6 is 0 Å². The summed E-state index contributed by atoms with van der Waals surface area (Å²) in [6, 6.07) is 6.65. The first-order valence-electron chi connectivity index (χ1n) is 9.62. The zero-order valence-corrected chi connectivity index (χ0v) is 14.8.